The van der Waals surface area contributed by atoms with Crippen molar-refractivity contribution >= 4 is 11.9 Å². The molecular weight excluding hydrogens is 480 g/mol. The van der Waals surface area contributed by atoms with Crippen LogP contribution in [0.1, 0.15) is 56.1 Å². The van der Waals surface area contributed by atoms with Crippen molar-refractivity contribution in [2.24, 2.45) is 5.92 Å². The van der Waals surface area contributed by atoms with Crippen LogP contribution in [0.4, 0.5) is 4.79 Å². The maximum absolute atomic E-state index is 13.7. The molecule has 0 bridgehead atoms. The smallest absolute Gasteiger partial charge is 0.321 e. The Labute approximate surface area is 225 Å². The first-order valence-corrected chi connectivity index (χ1v) is 13.8. The first-order chi connectivity index (χ1) is 18.3. The molecule has 2 heterocycles. The summed E-state index contributed by atoms with van der Waals surface area (Å²) in [4.78, 5) is 41.1. The highest BCUT2D eigenvalue weighted by Crippen LogP contribution is 2.49. The van der Waals surface area contributed by atoms with Crippen molar-refractivity contribution in [3.05, 3.63) is 53.9 Å². The summed E-state index contributed by atoms with van der Waals surface area (Å²) >= 11 is 0. The molecule has 3 amide bonds. The number of hydrogen-bond acceptors (Lipinski definition) is 6. The predicted molar refractivity (Wildman–Crippen MR) is 144 cm³/mol. The molecule has 1 aliphatic heterocycles. The van der Waals surface area contributed by atoms with Crippen LogP contribution in [0.2, 0.25) is 0 Å². The maximum Gasteiger partial charge on any atom is 0.321 e. The van der Waals surface area contributed by atoms with Gasteiger partial charge in [0, 0.05) is 43.1 Å². The molecule has 38 heavy (non-hydrogen) atoms. The number of hydrogen-bond donors (Lipinski definition) is 1. The Morgan fingerprint density at radius 3 is 2.37 bits per heavy atom. The van der Waals surface area contributed by atoms with Gasteiger partial charge in [-0.25, -0.2) is 14.8 Å². The fraction of sp³-hybridized carbons (Fsp3) is 0.586. The van der Waals surface area contributed by atoms with Crippen LogP contribution in [0.5, 0.6) is 6.01 Å². The van der Waals surface area contributed by atoms with Crippen LogP contribution in [-0.2, 0) is 16.9 Å². The molecule has 3 fully saturated rings. The minimum atomic E-state index is -0.217. The lowest BCUT2D eigenvalue weighted by Gasteiger charge is -2.51. The molecule has 1 aromatic carbocycles. The summed E-state index contributed by atoms with van der Waals surface area (Å²) in [6.45, 7) is 1.79. The molecule has 1 saturated heterocycles. The van der Waals surface area contributed by atoms with Gasteiger partial charge in [-0.15, -0.1) is 0 Å². The lowest BCUT2D eigenvalue weighted by molar-refractivity contribution is -0.121. The van der Waals surface area contributed by atoms with E-state index in [-0.39, 0.29) is 35.6 Å². The zero-order valence-corrected chi connectivity index (χ0v) is 22.9. The van der Waals surface area contributed by atoms with Gasteiger partial charge < -0.3 is 19.9 Å². The van der Waals surface area contributed by atoms with Crippen molar-refractivity contribution in [1.82, 2.24) is 30.0 Å². The van der Waals surface area contributed by atoms with Gasteiger partial charge >= 0.3 is 12.0 Å². The van der Waals surface area contributed by atoms with Gasteiger partial charge in [0.2, 0.25) is 5.91 Å². The number of methoxy groups -OCH3 is 1. The molecule has 2 aliphatic carbocycles. The van der Waals surface area contributed by atoms with E-state index >= 15 is 0 Å². The van der Waals surface area contributed by atoms with Crippen LogP contribution in [0.25, 0.3) is 0 Å². The lowest BCUT2D eigenvalue weighted by Crippen LogP contribution is -2.56. The third-order valence-electron chi connectivity index (χ3n) is 9.09. The lowest BCUT2D eigenvalue weighted by atomic mass is 9.68. The van der Waals surface area contributed by atoms with E-state index in [0.29, 0.717) is 19.0 Å². The Hall–Kier alpha value is -3.20. The third kappa shape index (κ3) is 5.08. The Bertz CT molecular complexity index is 1110. The van der Waals surface area contributed by atoms with E-state index in [1.807, 2.05) is 0 Å². The average molecular weight is 521 g/mol. The topological polar surface area (TPSA) is 90.9 Å². The number of benzene rings is 1. The van der Waals surface area contributed by atoms with E-state index in [9.17, 15) is 9.59 Å². The minimum absolute atomic E-state index is 0.0110. The molecule has 2 saturated carbocycles. The van der Waals surface area contributed by atoms with Gasteiger partial charge in [0.05, 0.1) is 12.6 Å². The standard InChI is InChI=1S/C29H40N6O3/c1-33(2)29(24-10-5-4-6-11-24)14-12-28(13-15-29)21-34(27(37)35(28)19-22-8-7-9-22)20-25(36)30-16-23-17-31-26(38-3)32-18-23/h4-6,10-11,17-18,22H,7-9,12-16,19-21H2,1-3H3,(H,30,36)/t28-,29+. The van der Waals surface area contributed by atoms with Gasteiger partial charge in [0.1, 0.15) is 6.54 Å². The summed E-state index contributed by atoms with van der Waals surface area (Å²) in [7, 11) is 5.85. The Balaban J connectivity index is 1.28. The fourth-order valence-electron chi connectivity index (χ4n) is 6.48. The van der Waals surface area contributed by atoms with E-state index in [2.05, 4.69) is 69.5 Å². The van der Waals surface area contributed by atoms with E-state index < -0.39 is 0 Å². The second-order valence-electron chi connectivity index (χ2n) is 11.4. The van der Waals surface area contributed by atoms with Crippen molar-refractivity contribution in [2.45, 2.75) is 62.6 Å². The van der Waals surface area contributed by atoms with Gasteiger partial charge in [0.25, 0.3) is 0 Å². The first-order valence-electron chi connectivity index (χ1n) is 13.8. The number of nitrogens with one attached hydrogen (secondary N) is 1. The monoisotopic (exact) mass is 520 g/mol. The van der Waals surface area contributed by atoms with E-state index in [0.717, 1.165) is 37.8 Å². The average Bonchev–Trinajstić information content (AvgIpc) is 3.15. The predicted octanol–water partition coefficient (Wildman–Crippen LogP) is 3.41. The minimum Gasteiger partial charge on any atom is -0.467 e. The summed E-state index contributed by atoms with van der Waals surface area (Å²) in [6, 6.07) is 11.1. The summed E-state index contributed by atoms with van der Waals surface area (Å²) in [6.07, 6.45) is 10.7. The van der Waals surface area contributed by atoms with Crippen LogP contribution in [0, 0.1) is 5.92 Å². The molecule has 204 valence electrons. The largest absolute Gasteiger partial charge is 0.467 e. The summed E-state index contributed by atoms with van der Waals surface area (Å²) in [5.41, 5.74) is 1.87. The number of carbonyl (C=O) groups is 2. The van der Waals surface area contributed by atoms with E-state index in [1.165, 1.54) is 31.9 Å². The van der Waals surface area contributed by atoms with Crippen LogP contribution in [0.3, 0.4) is 0 Å². The Morgan fingerprint density at radius 1 is 1.11 bits per heavy atom. The molecule has 0 unspecified atom stereocenters. The molecule has 0 radical (unpaired) electrons. The molecule has 1 aromatic heterocycles. The molecule has 5 rings (SSSR count). The maximum atomic E-state index is 13.7. The van der Waals surface area contributed by atoms with Crippen LogP contribution >= 0.6 is 0 Å². The highest BCUT2D eigenvalue weighted by Gasteiger charge is 2.55. The number of urea groups is 1. The fourth-order valence-corrected chi connectivity index (χ4v) is 6.48. The van der Waals surface area contributed by atoms with Gasteiger partial charge in [-0.2, -0.15) is 0 Å². The second-order valence-corrected chi connectivity index (χ2v) is 11.4. The number of nitrogens with zero attached hydrogens (tertiary/aromatic N) is 5. The summed E-state index contributed by atoms with van der Waals surface area (Å²) in [5, 5.41) is 2.92. The third-order valence-corrected chi connectivity index (χ3v) is 9.09. The molecule has 9 heteroatoms. The zero-order valence-electron chi connectivity index (χ0n) is 22.9. The van der Waals surface area contributed by atoms with Crippen molar-refractivity contribution in [3.63, 3.8) is 0 Å². The molecule has 9 nitrogen and oxygen atoms in total. The molecule has 0 atom stereocenters. The van der Waals surface area contributed by atoms with Crippen LogP contribution in [0.15, 0.2) is 42.7 Å². The SMILES string of the molecule is COc1ncc(CNC(=O)CN2C[C@]3(CC[C@](c4ccccc4)(N(C)C)CC3)N(CC3CCC3)C2=O)cn1. The van der Waals surface area contributed by atoms with E-state index in [1.54, 1.807) is 17.3 Å². The normalized spacial score (nSPS) is 25.6. The molecule has 1 N–H and O–H groups in total. The Morgan fingerprint density at radius 2 is 1.79 bits per heavy atom. The van der Waals surface area contributed by atoms with Crippen LogP contribution in [-0.4, -0.2) is 83.0 Å². The Kier molecular flexibility index (Phi) is 7.56. The zero-order chi connectivity index (χ0) is 26.8. The number of aromatic nitrogens is 2. The molecular formula is C29H40N6O3. The highest BCUT2D eigenvalue weighted by molar-refractivity contribution is 5.86. The molecule has 3 aliphatic rings. The van der Waals surface area contributed by atoms with Gasteiger partial charge in [0.15, 0.2) is 0 Å². The highest BCUT2D eigenvalue weighted by atomic mass is 16.5. The van der Waals surface area contributed by atoms with Crippen molar-refractivity contribution in [3.8, 4) is 6.01 Å². The number of ether oxygens (including phenoxy) is 1. The number of carbonyl (C=O) groups excluding carboxylic acids is 2. The van der Waals surface area contributed by atoms with Gasteiger partial charge in [-0.1, -0.05) is 36.8 Å². The number of amides is 3. The van der Waals surface area contributed by atoms with Gasteiger partial charge in [-0.05, 0) is 64.1 Å². The van der Waals surface area contributed by atoms with E-state index in [4.69, 9.17) is 4.74 Å². The van der Waals surface area contributed by atoms with Crippen molar-refractivity contribution < 1.29 is 14.3 Å². The van der Waals surface area contributed by atoms with Gasteiger partial charge in [-0.3, -0.25) is 9.69 Å². The molecule has 1 spiro atoms. The van der Waals surface area contributed by atoms with Crippen molar-refractivity contribution in [1.29, 1.82) is 0 Å². The first kappa shape index (κ1) is 26.4. The summed E-state index contributed by atoms with van der Waals surface area (Å²) < 4.78 is 4.99. The molecule has 2 aromatic rings. The van der Waals surface area contributed by atoms with Crippen LogP contribution < -0.4 is 10.1 Å². The van der Waals surface area contributed by atoms with Crippen molar-refractivity contribution in [2.75, 3.05) is 40.8 Å². The number of rotatable bonds is 9. The quantitative estimate of drug-likeness (QED) is 0.545. The summed E-state index contributed by atoms with van der Waals surface area (Å²) in [5.74, 6) is 0.409. The second kappa shape index (κ2) is 10.9.